The number of amides is 1. The molecule has 0 heterocycles. The van der Waals surface area contributed by atoms with Crippen molar-refractivity contribution >= 4 is 17.8 Å². The van der Waals surface area contributed by atoms with Crippen molar-refractivity contribution in [2.24, 2.45) is 5.18 Å². The van der Waals surface area contributed by atoms with Gasteiger partial charge in [0.15, 0.2) is 0 Å². The molecule has 0 bridgehead atoms. The lowest BCUT2D eigenvalue weighted by molar-refractivity contribution is -0.159. The smallest absolute Gasteiger partial charge is 0.414 e. The lowest BCUT2D eigenvalue weighted by Gasteiger charge is -1.72. The first-order chi connectivity index (χ1) is 4.91. The summed E-state index contributed by atoms with van der Waals surface area (Å²) in [5, 5.41) is 16.8. The summed E-state index contributed by atoms with van der Waals surface area (Å²) in [7, 11) is 0. The highest BCUT2D eigenvalue weighted by Gasteiger charge is 2.04. The monoisotopic (exact) mass is 163 g/mol. The third kappa shape index (κ3) is 17.9. The number of rotatable bonds is 0. The van der Waals surface area contributed by atoms with E-state index in [4.69, 9.17) is 24.7 Å². The van der Waals surface area contributed by atoms with Crippen LogP contribution in [0.25, 0.3) is 0 Å². The van der Waals surface area contributed by atoms with Crippen molar-refractivity contribution in [3.05, 3.63) is 4.91 Å². The SMILES string of the molecule is CC(=O)N=O.O=C(O)C(=O)O. The number of nitroso groups, excluding NO2 is 1. The Morgan fingerprint density at radius 1 is 1.09 bits per heavy atom. The molecular formula is C4H5NO6. The molecule has 2 N–H and O–H groups in total. The highest BCUT2D eigenvalue weighted by Crippen LogP contribution is 1.60. The molecule has 0 aromatic carbocycles. The van der Waals surface area contributed by atoms with Crippen LogP contribution < -0.4 is 0 Å². The van der Waals surface area contributed by atoms with Crippen LogP contribution in [0, 0.1) is 4.91 Å². The summed E-state index contributed by atoms with van der Waals surface area (Å²) in [5.74, 6) is -4.32. The highest BCUT2D eigenvalue weighted by atomic mass is 16.4. The second-order valence-corrected chi connectivity index (χ2v) is 1.22. The molecule has 0 radical (unpaired) electrons. The Balaban J connectivity index is 0. The zero-order valence-corrected chi connectivity index (χ0v) is 5.47. The number of nitrogens with zero attached hydrogens (tertiary/aromatic N) is 1. The van der Waals surface area contributed by atoms with Crippen LogP contribution in [0.15, 0.2) is 5.18 Å². The Labute approximate surface area is 60.6 Å². The molecule has 1 amide bonds. The van der Waals surface area contributed by atoms with Crippen molar-refractivity contribution < 1.29 is 24.6 Å². The molecule has 0 fully saturated rings. The normalized spacial score (nSPS) is 7.00. The number of carbonyl (C=O) groups excluding carboxylic acids is 1. The van der Waals surface area contributed by atoms with E-state index in [1.807, 2.05) is 5.18 Å². The van der Waals surface area contributed by atoms with Crippen LogP contribution in [0.5, 0.6) is 0 Å². The highest BCUT2D eigenvalue weighted by molar-refractivity contribution is 6.27. The Hall–Kier alpha value is -1.79. The van der Waals surface area contributed by atoms with Gasteiger partial charge in [-0.25, -0.2) is 9.59 Å². The fourth-order valence-electron chi connectivity index (χ4n) is 0. The average molecular weight is 163 g/mol. The van der Waals surface area contributed by atoms with Crippen molar-refractivity contribution in [2.75, 3.05) is 0 Å². The van der Waals surface area contributed by atoms with Gasteiger partial charge in [0.05, 0.1) is 0 Å². The quantitative estimate of drug-likeness (QED) is 0.365. The number of aliphatic carboxylic acids is 2. The van der Waals surface area contributed by atoms with E-state index in [0.717, 1.165) is 6.92 Å². The Morgan fingerprint density at radius 3 is 1.27 bits per heavy atom. The van der Waals surface area contributed by atoms with Gasteiger partial charge in [-0.2, -0.15) is 0 Å². The van der Waals surface area contributed by atoms with Crippen molar-refractivity contribution in [2.45, 2.75) is 6.92 Å². The first kappa shape index (κ1) is 11.9. The number of hydrogen-bond acceptors (Lipinski definition) is 4. The van der Waals surface area contributed by atoms with Gasteiger partial charge in [-0.15, -0.1) is 4.91 Å². The van der Waals surface area contributed by atoms with E-state index in [1.54, 1.807) is 0 Å². The van der Waals surface area contributed by atoms with E-state index in [1.165, 1.54) is 0 Å². The molecule has 62 valence electrons. The van der Waals surface area contributed by atoms with Crippen molar-refractivity contribution in [1.29, 1.82) is 0 Å². The van der Waals surface area contributed by atoms with Crippen LogP contribution in [-0.2, 0) is 14.4 Å². The molecular weight excluding hydrogens is 158 g/mol. The van der Waals surface area contributed by atoms with Crippen molar-refractivity contribution in [3.8, 4) is 0 Å². The lowest BCUT2D eigenvalue weighted by Crippen LogP contribution is -2.09. The van der Waals surface area contributed by atoms with Crippen LogP contribution >= 0.6 is 0 Å². The lowest BCUT2D eigenvalue weighted by atomic mass is 10.7. The molecule has 0 aliphatic rings. The summed E-state index contributed by atoms with van der Waals surface area (Å²) < 4.78 is 0. The van der Waals surface area contributed by atoms with E-state index in [2.05, 4.69) is 0 Å². The van der Waals surface area contributed by atoms with E-state index < -0.39 is 17.8 Å². The first-order valence-electron chi connectivity index (χ1n) is 2.22. The molecule has 0 saturated carbocycles. The number of carboxylic acid groups (broad SMARTS) is 2. The van der Waals surface area contributed by atoms with E-state index in [-0.39, 0.29) is 0 Å². The van der Waals surface area contributed by atoms with Gasteiger partial charge in [0.25, 0.3) is 5.91 Å². The summed E-state index contributed by atoms with van der Waals surface area (Å²) in [4.78, 5) is 36.4. The summed E-state index contributed by atoms with van der Waals surface area (Å²) in [6, 6.07) is 0. The maximum atomic E-state index is 9.33. The molecule has 0 aromatic rings. The van der Waals surface area contributed by atoms with Gasteiger partial charge in [-0.3, -0.25) is 4.79 Å². The average Bonchev–Trinajstić information content (AvgIpc) is 1.89. The maximum Gasteiger partial charge on any atom is 0.414 e. The van der Waals surface area contributed by atoms with Crippen LogP contribution in [0.1, 0.15) is 6.92 Å². The molecule has 0 aromatic heterocycles. The second kappa shape index (κ2) is 6.33. The fraction of sp³-hybridized carbons (Fsp3) is 0.250. The van der Waals surface area contributed by atoms with Gasteiger partial charge >= 0.3 is 11.9 Å². The van der Waals surface area contributed by atoms with Crippen molar-refractivity contribution in [3.63, 3.8) is 0 Å². The molecule has 7 nitrogen and oxygen atoms in total. The van der Waals surface area contributed by atoms with Gasteiger partial charge in [0.2, 0.25) is 0 Å². The summed E-state index contributed by atoms with van der Waals surface area (Å²) >= 11 is 0. The van der Waals surface area contributed by atoms with E-state index in [0.29, 0.717) is 0 Å². The maximum absolute atomic E-state index is 9.33. The molecule has 0 aliphatic carbocycles. The Morgan fingerprint density at radius 2 is 1.27 bits per heavy atom. The van der Waals surface area contributed by atoms with E-state index >= 15 is 0 Å². The van der Waals surface area contributed by atoms with Crippen LogP contribution in [0.4, 0.5) is 0 Å². The summed E-state index contributed by atoms with van der Waals surface area (Å²) in [6.07, 6.45) is 0. The van der Waals surface area contributed by atoms with Crippen LogP contribution in [0.3, 0.4) is 0 Å². The number of carbonyl (C=O) groups is 3. The predicted octanol–water partition coefficient (Wildman–Crippen LogP) is -0.545. The minimum atomic E-state index is -1.82. The molecule has 11 heavy (non-hydrogen) atoms. The third-order valence-electron chi connectivity index (χ3n) is 0.312. The summed E-state index contributed by atoms with van der Waals surface area (Å²) in [5.41, 5.74) is 0. The fourth-order valence-corrected chi connectivity index (χ4v) is 0. The first-order valence-corrected chi connectivity index (χ1v) is 2.22. The molecule has 0 unspecified atom stereocenters. The van der Waals surface area contributed by atoms with Crippen LogP contribution in [0.2, 0.25) is 0 Å². The molecule has 0 rings (SSSR count). The van der Waals surface area contributed by atoms with E-state index in [9.17, 15) is 4.79 Å². The Bertz CT molecular complexity index is 173. The van der Waals surface area contributed by atoms with Gasteiger partial charge in [0, 0.05) is 12.1 Å². The molecule has 7 heteroatoms. The minimum Gasteiger partial charge on any atom is -0.473 e. The van der Waals surface area contributed by atoms with Gasteiger partial charge < -0.3 is 10.2 Å². The van der Waals surface area contributed by atoms with Crippen molar-refractivity contribution in [1.82, 2.24) is 0 Å². The summed E-state index contributed by atoms with van der Waals surface area (Å²) in [6.45, 7) is 1.10. The standard InChI is InChI=1S/C2H3NO2.C2H2O4/c1-2(4)3-5;3-1(4)2(5)6/h1H3;(H,3,4)(H,5,6). The largest absolute Gasteiger partial charge is 0.473 e. The molecule has 0 aliphatic heterocycles. The third-order valence-corrected chi connectivity index (χ3v) is 0.312. The predicted molar refractivity (Wildman–Crippen MR) is 31.7 cm³/mol. The van der Waals surface area contributed by atoms with Gasteiger partial charge in [0.1, 0.15) is 0 Å². The molecule has 0 saturated heterocycles. The molecule has 0 atom stereocenters. The molecule has 0 spiro atoms. The number of hydrogen-bond donors (Lipinski definition) is 2. The van der Waals surface area contributed by atoms with Crippen LogP contribution in [-0.4, -0.2) is 28.1 Å². The van der Waals surface area contributed by atoms with Gasteiger partial charge in [-0.1, -0.05) is 0 Å². The number of carboxylic acids is 2. The Kier molecular flexibility index (Phi) is 6.87. The van der Waals surface area contributed by atoms with Gasteiger partial charge in [-0.05, 0) is 0 Å². The second-order valence-electron chi connectivity index (χ2n) is 1.22. The zero-order valence-electron chi connectivity index (χ0n) is 5.47. The zero-order chi connectivity index (χ0) is 9.44. The topological polar surface area (TPSA) is 121 Å². The minimum absolute atomic E-state index is 0.676.